The number of hydrogen-bond donors (Lipinski definition) is 0. The summed E-state index contributed by atoms with van der Waals surface area (Å²) in [4.78, 5) is 9.84. The summed E-state index contributed by atoms with van der Waals surface area (Å²) in [6.45, 7) is 1.41. The van der Waals surface area contributed by atoms with Crippen LogP contribution >= 0.6 is 0 Å². The average Bonchev–Trinajstić information content (AvgIpc) is 1.35. The van der Waals surface area contributed by atoms with Crippen LogP contribution in [0.25, 0.3) is 0 Å². The molecule has 0 rings (SSSR count). The Kier molecular flexibility index (Phi) is 3.61. The van der Waals surface area contributed by atoms with Crippen LogP contribution in [-0.4, -0.2) is 33.1 Å². The number of ether oxygens (including phenoxy) is 1. The summed E-state index contributed by atoms with van der Waals surface area (Å²) in [6.07, 6.45) is 0. The quantitative estimate of drug-likeness (QED) is 0.420. The molecule has 0 aliphatic heterocycles. The van der Waals surface area contributed by atoms with Gasteiger partial charge in [0.15, 0.2) is 0 Å². The fourth-order valence-electron chi connectivity index (χ4n) is 0.102. The molecule has 0 aliphatic rings. The predicted octanol–water partition coefficient (Wildman–Crippen LogP) is -0.325. The minimum atomic E-state index is -0.188. The van der Waals surface area contributed by atoms with Crippen LogP contribution < -0.4 is 0 Å². The van der Waals surface area contributed by atoms with Crippen LogP contribution in [0.2, 0.25) is 0 Å². The van der Waals surface area contributed by atoms with E-state index in [4.69, 9.17) is 0 Å². The van der Waals surface area contributed by atoms with Crippen molar-refractivity contribution in [3.63, 3.8) is 0 Å². The van der Waals surface area contributed by atoms with Crippen LogP contribution in [-0.2, 0) is 9.53 Å². The topological polar surface area (TPSA) is 26.3 Å². The second-order valence-corrected chi connectivity index (χ2v) is 1.60. The standard InChI is InChI=1S/C3H5O2.Sn/c1-3(4)5-2;/h2H2,1H3;. The van der Waals surface area contributed by atoms with Crippen LogP contribution in [0.3, 0.4) is 0 Å². The first-order chi connectivity index (χ1) is 2.77. The van der Waals surface area contributed by atoms with E-state index < -0.39 is 0 Å². The molecule has 0 unspecified atom stereocenters. The number of rotatable bonds is 1. The summed E-state index contributed by atoms with van der Waals surface area (Å²) < 4.78 is 5.01. The Morgan fingerprint density at radius 3 is 2.50 bits per heavy atom. The van der Waals surface area contributed by atoms with Gasteiger partial charge >= 0.3 is 49.6 Å². The van der Waals surface area contributed by atoms with Gasteiger partial charge in [-0.05, 0) is 0 Å². The Balaban J connectivity index is 2.83. The monoisotopic (exact) mass is 193 g/mol. The van der Waals surface area contributed by atoms with Crippen molar-refractivity contribution in [1.82, 2.24) is 0 Å². The molecule has 6 heavy (non-hydrogen) atoms. The van der Waals surface area contributed by atoms with Gasteiger partial charge in [0.05, 0.1) is 0 Å². The number of carbonyl (C=O) groups excluding carboxylic acids is 1. The normalized spacial score (nSPS) is 7.67. The predicted molar refractivity (Wildman–Crippen MR) is 22.4 cm³/mol. The van der Waals surface area contributed by atoms with Crippen LogP contribution in [0, 0.1) is 0 Å². The van der Waals surface area contributed by atoms with Crippen LogP contribution in [0.4, 0.5) is 0 Å². The van der Waals surface area contributed by atoms with Gasteiger partial charge in [-0.1, -0.05) is 0 Å². The molecular formula is C3H5O2Sn. The van der Waals surface area contributed by atoms with E-state index in [9.17, 15) is 4.79 Å². The maximum absolute atomic E-state index is 9.84. The molecule has 0 bridgehead atoms. The molecule has 33 valence electrons. The Morgan fingerprint density at radius 2 is 2.50 bits per heavy atom. The molecule has 0 saturated heterocycles. The van der Waals surface area contributed by atoms with Gasteiger partial charge in [0.25, 0.3) is 0 Å². The summed E-state index contributed by atoms with van der Waals surface area (Å²) in [7, 11) is 0. The zero-order valence-corrected chi connectivity index (χ0v) is 6.38. The van der Waals surface area contributed by atoms with Gasteiger partial charge in [-0.3, -0.25) is 0 Å². The van der Waals surface area contributed by atoms with E-state index >= 15 is 0 Å². The van der Waals surface area contributed by atoms with Crippen molar-refractivity contribution in [1.29, 1.82) is 0 Å². The second kappa shape index (κ2) is 3.46. The fraction of sp³-hybridized carbons (Fsp3) is 0.667. The third kappa shape index (κ3) is 4.27. The van der Waals surface area contributed by atoms with E-state index in [1.165, 1.54) is 29.4 Å². The van der Waals surface area contributed by atoms with Crippen molar-refractivity contribution in [2.24, 2.45) is 0 Å². The van der Waals surface area contributed by atoms with Crippen LogP contribution in [0.5, 0.6) is 0 Å². The van der Waals surface area contributed by atoms with Crippen LogP contribution in [0.1, 0.15) is 6.92 Å². The molecule has 0 spiro atoms. The van der Waals surface area contributed by atoms with Gasteiger partial charge < -0.3 is 0 Å². The third-order valence-corrected chi connectivity index (χ3v) is 0.687. The Morgan fingerprint density at radius 1 is 2.00 bits per heavy atom. The Labute approximate surface area is 50.0 Å². The SMILES string of the molecule is CC(=O)O[CH2][Sn]. The van der Waals surface area contributed by atoms with E-state index in [1.54, 1.807) is 0 Å². The summed E-state index contributed by atoms with van der Waals surface area (Å²) >= 11 is 1.24. The van der Waals surface area contributed by atoms with Gasteiger partial charge in [0, 0.05) is 0 Å². The van der Waals surface area contributed by atoms with Crippen molar-refractivity contribution in [3.8, 4) is 0 Å². The van der Waals surface area contributed by atoms with Crippen molar-refractivity contribution in [2.75, 3.05) is 4.62 Å². The zero-order valence-electron chi connectivity index (χ0n) is 3.52. The van der Waals surface area contributed by atoms with Crippen molar-refractivity contribution < 1.29 is 9.53 Å². The first kappa shape index (κ1) is 6.27. The molecule has 0 amide bonds. The first-order valence-corrected chi connectivity index (χ1v) is 3.57. The molecule has 0 aromatic rings. The molecule has 0 saturated carbocycles. The summed E-state index contributed by atoms with van der Waals surface area (Å²) in [5.74, 6) is -0.188. The average molecular weight is 192 g/mol. The van der Waals surface area contributed by atoms with E-state index in [1.807, 2.05) is 0 Å². The van der Waals surface area contributed by atoms with Gasteiger partial charge in [-0.2, -0.15) is 0 Å². The second-order valence-electron chi connectivity index (χ2n) is 0.780. The van der Waals surface area contributed by atoms with E-state index in [0.717, 1.165) is 0 Å². The number of hydrogen-bond acceptors (Lipinski definition) is 2. The molecule has 3 heteroatoms. The summed E-state index contributed by atoms with van der Waals surface area (Å²) in [5.41, 5.74) is 0. The number of esters is 1. The fourth-order valence-corrected chi connectivity index (χ4v) is 0.682. The molecule has 0 fully saturated rings. The van der Waals surface area contributed by atoms with E-state index in [-0.39, 0.29) is 5.97 Å². The molecule has 2 nitrogen and oxygen atoms in total. The molecule has 0 aromatic heterocycles. The van der Waals surface area contributed by atoms with Gasteiger partial charge in [-0.15, -0.1) is 0 Å². The summed E-state index contributed by atoms with van der Waals surface area (Å²) in [6, 6.07) is 0. The number of carbonyl (C=O) groups is 1. The molecule has 0 aliphatic carbocycles. The van der Waals surface area contributed by atoms with Crippen molar-refractivity contribution in [2.45, 2.75) is 6.92 Å². The van der Waals surface area contributed by atoms with Gasteiger partial charge in [0.2, 0.25) is 0 Å². The van der Waals surface area contributed by atoms with Gasteiger partial charge in [0.1, 0.15) is 0 Å². The molecule has 0 N–H and O–H groups in total. The van der Waals surface area contributed by atoms with E-state index in [2.05, 4.69) is 4.74 Å². The third-order valence-electron chi connectivity index (χ3n) is 0.275. The van der Waals surface area contributed by atoms with E-state index in [0.29, 0.717) is 4.62 Å². The molecule has 3 radical (unpaired) electrons. The zero-order chi connectivity index (χ0) is 4.99. The molecule has 0 heterocycles. The minimum absolute atomic E-state index is 0.188. The van der Waals surface area contributed by atoms with Crippen molar-refractivity contribution >= 4 is 28.5 Å². The first-order valence-electron chi connectivity index (χ1n) is 1.55. The molecule has 0 atom stereocenters. The van der Waals surface area contributed by atoms with Crippen molar-refractivity contribution in [3.05, 3.63) is 0 Å². The maximum atomic E-state index is 9.84. The van der Waals surface area contributed by atoms with Gasteiger partial charge in [-0.25, -0.2) is 0 Å². The van der Waals surface area contributed by atoms with Crippen LogP contribution in [0.15, 0.2) is 0 Å². The Hall–Kier alpha value is 0.269. The Bertz CT molecular complexity index is 52.8. The molecular weight excluding hydrogens is 187 g/mol. The summed E-state index contributed by atoms with van der Waals surface area (Å²) in [5, 5.41) is 0. The molecule has 0 aromatic carbocycles.